The summed E-state index contributed by atoms with van der Waals surface area (Å²) in [6, 6.07) is 4.35. The maximum Gasteiger partial charge on any atom is 0.165 e. The van der Waals surface area contributed by atoms with Crippen LogP contribution in [0.25, 0.3) is 0 Å². The molecule has 22 heavy (non-hydrogen) atoms. The minimum Gasteiger partial charge on any atom is -0.504 e. The number of hydrogen-bond donors (Lipinski definition) is 2. The second-order valence-electron chi connectivity index (χ2n) is 7.99. The number of phenolic OH excluding ortho intramolecular Hbond substituents is 1. The maximum absolute atomic E-state index is 11.0. The van der Waals surface area contributed by atoms with Gasteiger partial charge in [-0.2, -0.15) is 0 Å². The number of ether oxygens (including phenoxy) is 1. The van der Waals surface area contributed by atoms with Gasteiger partial charge < -0.3 is 19.8 Å². The number of likely N-dealkylation sites (tertiary alicyclic amines) is 1. The van der Waals surface area contributed by atoms with Crippen LogP contribution < -0.4 is 4.74 Å². The van der Waals surface area contributed by atoms with Gasteiger partial charge in [0.25, 0.3) is 0 Å². The first kappa shape index (κ1) is 13.2. The molecule has 1 spiro atoms. The van der Waals surface area contributed by atoms with Crippen molar-refractivity contribution in [2.75, 3.05) is 13.6 Å². The number of aromatic hydroxyl groups is 1. The van der Waals surface area contributed by atoms with Crippen LogP contribution in [0.5, 0.6) is 11.5 Å². The first-order valence-electron chi connectivity index (χ1n) is 8.40. The van der Waals surface area contributed by atoms with Crippen LogP contribution in [0.4, 0.5) is 0 Å². The van der Waals surface area contributed by atoms with Crippen molar-refractivity contribution in [1.82, 2.24) is 4.90 Å². The smallest absolute Gasteiger partial charge is 0.165 e. The molecule has 1 saturated carbocycles. The second kappa shape index (κ2) is 3.80. The highest BCUT2D eigenvalue weighted by atomic mass is 16.5. The Morgan fingerprint density at radius 1 is 1.32 bits per heavy atom. The molecule has 4 heteroatoms. The molecule has 2 N–H and O–H groups in total. The average molecular weight is 301 g/mol. The maximum atomic E-state index is 11.0. The number of aliphatic hydroxyl groups is 1. The summed E-state index contributed by atoms with van der Waals surface area (Å²) in [5.74, 6) is 1.40. The van der Waals surface area contributed by atoms with E-state index in [-0.39, 0.29) is 17.3 Å². The van der Waals surface area contributed by atoms with E-state index in [4.69, 9.17) is 4.74 Å². The summed E-state index contributed by atoms with van der Waals surface area (Å²) in [4.78, 5) is 2.49. The van der Waals surface area contributed by atoms with Gasteiger partial charge in [0.2, 0.25) is 0 Å². The van der Waals surface area contributed by atoms with Crippen LogP contribution in [0.2, 0.25) is 0 Å². The van der Waals surface area contributed by atoms with Crippen molar-refractivity contribution < 1.29 is 14.9 Å². The van der Waals surface area contributed by atoms with Gasteiger partial charge in [0, 0.05) is 17.0 Å². The highest BCUT2D eigenvalue weighted by molar-refractivity contribution is 5.61. The van der Waals surface area contributed by atoms with Crippen molar-refractivity contribution in [2.45, 2.75) is 55.8 Å². The lowest BCUT2D eigenvalue weighted by molar-refractivity contribution is -0.148. The fraction of sp³-hybridized carbons (Fsp3) is 0.667. The van der Waals surface area contributed by atoms with E-state index in [1.165, 1.54) is 11.1 Å². The predicted octanol–water partition coefficient (Wildman–Crippen LogP) is 1.81. The van der Waals surface area contributed by atoms with Gasteiger partial charge in [0.1, 0.15) is 6.10 Å². The Morgan fingerprint density at radius 3 is 2.95 bits per heavy atom. The molecule has 0 aromatic heterocycles. The molecule has 1 aromatic carbocycles. The van der Waals surface area contributed by atoms with Crippen molar-refractivity contribution in [2.24, 2.45) is 5.92 Å². The fourth-order valence-corrected chi connectivity index (χ4v) is 6.00. The number of rotatable bonds is 0. The van der Waals surface area contributed by atoms with Gasteiger partial charge in [0.05, 0.1) is 5.60 Å². The Bertz CT molecular complexity index is 671. The molecule has 2 heterocycles. The molecule has 1 saturated heterocycles. The topological polar surface area (TPSA) is 52.9 Å². The number of nitrogens with zero attached hydrogens (tertiary/aromatic N) is 1. The lowest BCUT2D eigenvalue weighted by Gasteiger charge is -2.60. The highest BCUT2D eigenvalue weighted by Gasteiger charge is 2.67. The van der Waals surface area contributed by atoms with E-state index in [0.717, 1.165) is 32.2 Å². The third-order valence-corrected chi connectivity index (χ3v) is 6.92. The second-order valence-corrected chi connectivity index (χ2v) is 7.99. The van der Waals surface area contributed by atoms with Gasteiger partial charge in [-0.3, -0.25) is 0 Å². The normalized spacial score (nSPS) is 45.3. The molecule has 2 bridgehead atoms. The molecule has 2 aliphatic carbocycles. The highest BCUT2D eigenvalue weighted by Crippen LogP contribution is 2.65. The minimum absolute atomic E-state index is 0.111. The minimum atomic E-state index is -0.822. The van der Waals surface area contributed by atoms with Crippen molar-refractivity contribution in [3.05, 3.63) is 23.3 Å². The molecule has 5 atom stereocenters. The molecule has 0 radical (unpaired) electrons. The SMILES string of the molecule is CN1CC[C@]23c4c5ccc(O)c4O[C@H]2C(C)(O)CC[C@H]3[C@H]1C5. The van der Waals surface area contributed by atoms with Crippen molar-refractivity contribution in [1.29, 1.82) is 0 Å². The monoisotopic (exact) mass is 301 g/mol. The largest absolute Gasteiger partial charge is 0.504 e. The molecule has 1 unspecified atom stereocenters. The zero-order valence-electron chi connectivity index (χ0n) is 13.2. The van der Waals surface area contributed by atoms with Gasteiger partial charge >= 0.3 is 0 Å². The van der Waals surface area contributed by atoms with Crippen LogP contribution in [0, 0.1) is 5.92 Å². The van der Waals surface area contributed by atoms with E-state index in [9.17, 15) is 10.2 Å². The molecule has 2 fully saturated rings. The van der Waals surface area contributed by atoms with Gasteiger partial charge in [0.15, 0.2) is 11.5 Å². The van der Waals surface area contributed by atoms with E-state index in [2.05, 4.69) is 18.0 Å². The molecule has 1 aromatic rings. The summed E-state index contributed by atoms with van der Waals surface area (Å²) in [5.41, 5.74) is 1.59. The van der Waals surface area contributed by atoms with Crippen LogP contribution in [-0.4, -0.2) is 46.5 Å². The summed E-state index contributed by atoms with van der Waals surface area (Å²) < 4.78 is 6.24. The van der Waals surface area contributed by atoms with Crippen molar-refractivity contribution in [3.63, 3.8) is 0 Å². The summed E-state index contributed by atoms with van der Waals surface area (Å²) in [6.45, 7) is 2.94. The Labute approximate surface area is 130 Å². The van der Waals surface area contributed by atoms with E-state index in [1.807, 2.05) is 6.92 Å². The molecule has 5 rings (SSSR count). The number of phenols is 1. The number of likely N-dealkylation sites (N-methyl/N-ethyl adjacent to an activating group) is 1. The average Bonchev–Trinajstić information content (AvgIpc) is 2.83. The van der Waals surface area contributed by atoms with Gasteiger partial charge in [-0.15, -0.1) is 0 Å². The first-order valence-corrected chi connectivity index (χ1v) is 8.40. The molecule has 0 amide bonds. The zero-order chi connectivity index (χ0) is 15.3. The number of benzene rings is 1. The van der Waals surface area contributed by atoms with E-state index < -0.39 is 5.60 Å². The molecule has 118 valence electrons. The predicted molar refractivity (Wildman–Crippen MR) is 82.3 cm³/mol. The quantitative estimate of drug-likeness (QED) is 0.767. The van der Waals surface area contributed by atoms with E-state index in [1.54, 1.807) is 6.07 Å². The number of piperidine rings is 1. The zero-order valence-corrected chi connectivity index (χ0v) is 13.2. The molecule has 4 aliphatic rings. The van der Waals surface area contributed by atoms with E-state index in [0.29, 0.717) is 17.7 Å². The molecular weight excluding hydrogens is 278 g/mol. The Hall–Kier alpha value is -1.26. The first-order chi connectivity index (χ1) is 10.4. The molecular formula is C18H23NO3. The summed E-state index contributed by atoms with van der Waals surface area (Å²) in [7, 11) is 2.22. The molecule has 4 nitrogen and oxygen atoms in total. The van der Waals surface area contributed by atoms with Crippen molar-refractivity contribution >= 4 is 0 Å². The summed E-state index contributed by atoms with van der Waals surface area (Å²) in [5, 5.41) is 21.3. The lowest BCUT2D eigenvalue weighted by Crippen LogP contribution is -2.69. The van der Waals surface area contributed by atoms with Crippen LogP contribution >= 0.6 is 0 Å². The van der Waals surface area contributed by atoms with E-state index >= 15 is 0 Å². The van der Waals surface area contributed by atoms with Gasteiger partial charge in [-0.05, 0) is 63.7 Å². The fourth-order valence-electron chi connectivity index (χ4n) is 6.00. The Balaban J connectivity index is 1.82. The Morgan fingerprint density at radius 2 is 2.14 bits per heavy atom. The number of hydrogen-bond acceptors (Lipinski definition) is 4. The third kappa shape index (κ3) is 1.29. The van der Waals surface area contributed by atoms with Gasteiger partial charge in [-0.25, -0.2) is 0 Å². The van der Waals surface area contributed by atoms with Crippen molar-refractivity contribution in [3.8, 4) is 11.5 Å². The van der Waals surface area contributed by atoms with Crippen LogP contribution in [0.1, 0.15) is 37.3 Å². The van der Waals surface area contributed by atoms with Crippen LogP contribution in [0.15, 0.2) is 12.1 Å². The third-order valence-electron chi connectivity index (χ3n) is 6.92. The van der Waals surface area contributed by atoms with Gasteiger partial charge in [-0.1, -0.05) is 6.07 Å². The lowest BCUT2D eigenvalue weighted by atomic mass is 9.49. The summed E-state index contributed by atoms with van der Waals surface area (Å²) >= 11 is 0. The van der Waals surface area contributed by atoms with Crippen LogP contribution in [0.3, 0.4) is 0 Å². The summed E-state index contributed by atoms with van der Waals surface area (Å²) in [6.07, 6.45) is 3.63. The Kier molecular flexibility index (Phi) is 2.28. The standard InChI is InChI=1S/C18H23NO3/c1-17(21)6-5-11-12-9-10-3-4-13(20)15-14(10)18(11,16(17)22-15)7-8-19(12)2/h3-4,11-12,16,20-21H,5-9H2,1-2H3/t11-,12+,16-,17?,18-/m0/s1. The van der Waals surface area contributed by atoms with Crippen LogP contribution in [-0.2, 0) is 11.8 Å². The molecule has 2 aliphatic heterocycles.